The Morgan fingerprint density at radius 1 is 1.07 bits per heavy atom. The fourth-order valence-corrected chi connectivity index (χ4v) is 4.17. The van der Waals surface area contributed by atoms with Gasteiger partial charge in [-0.2, -0.15) is 0 Å². The SMILES string of the molecule is C[NH+](C)CCCN1C(=O)C(=O)/C(=C(/[O-])c2ccc(Br)cc2)C1c1cccc(Br)c1. The maximum absolute atomic E-state index is 13.2. The standard InChI is InChI=1S/C22H22Br2N2O3/c1-25(2)11-4-12-26-19(15-5-3-6-17(24)13-15)18(21(28)22(26)29)20(27)14-7-9-16(23)10-8-14/h3,5-10,13,19,27H,4,11-12H2,1-2H3/b20-18+. The molecule has 1 aliphatic rings. The first-order valence-corrected chi connectivity index (χ1v) is 10.9. The van der Waals surface area contributed by atoms with E-state index in [0.717, 1.165) is 27.5 Å². The van der Waals surface area contributed by atoms with Crippen molar-refractivity contribution in [3.05, 3.63) is 74.2 Å². The van der Waals surface area contributed by atoms with Crippen molar-refractivity contribution >= 4 is 49.3 Å². The monoisotopic (exact) mass is 520 g/mol. The summed E-state index contributed by atoms with van der Waals surface area (Å²) in [6, 6.07) is 13.6. The molecule has 1 amide bonds. The number of nitrogens with one attached hydrogen (secondary N) is 1. The van der Waals surface area contributed by atoms with E-state index in [0.29, 0.717) is 12.1 Å². The van der Waals surface area contributed by atoms with E-state index in [4.69, 9.17) is 0 Å². The van der Waals surface area contributed by atoms with Crippen LogP contribution in [-0.4, -0.2) is 43.8 Å². The molecule has 5 nitrogen and oxygen atoms in total. The summed E-state index contributed by atoms with van der Waals surface area (Å²) in [6.07, 6.45) is 0.742. The largest absolute Gasteiger partial charge is 0.872 e. The minimum absolute atomic E-state index is 0.0209. The van der Waals surface area contributed by atoms with E-state index in [1.165, 1.54) is 4.90 Å². The Kier molecular flexibility index (Phi) is 6.93. The molecule has 0 bridgehead atoms. The van der Waals surface area contributed by atoms with Crippen LogP contribution >= 0.6 is 31.9 Å². The van der Waals surface area contributed by atoms with Gasteiger partial charge in [0.1, 0.15) is 0 Å². The van der Waals surface area contributed by atoms with Crippen molar-refractivity contribution in [1.29, 1.82) is 0 Å². The van der Waals surface area contributed by atoms with E-state index < -0.39 is 23.5 Å². The number of benzene rings is 2. The highest BCUT2D eigenvalue weighted by molar-refractivity contribution is 9.10. The molecule has 1 unspecified atom stereocenters. The van der Waals surface area contributed by atoms with E-state index in [1.54, 1.807) is 29.2 Å². The Bertz CT molecular complexity index is 955. The van der Waals surface area contributed by atoms with Crippen molar-refractivity contribution in [1.82, 2.24) is 4.90 Å². The number of hydrogen-bond acceptors (Lipinski definition) is 3. The number of carbonyl (C=O) groups is 2. The van der Waals surface area contributed by atoms with Crippen molar-refractivity contribution < 1.29 is 19.6 Å². The Labute approximate surface area is 187 Å². The summed E-state index contributed by atoms with van der Waals surface area (Å²) < 4.78 is 1.67. The number of amides is 1. The second-order valence-corrected chi connectivity index (χ2v) is 9.18. The number of hydrogen-bond donors (Lipinski definition) is 1. The zero-order valence-corrected chi connectivity index (χ0v) is 19.4. The second-order valence-electron chi connectivity index (χ2n) is 7.35. The van der Waals surface area contributed by atoms with E-state index in [2.05, 4.69) is 31.9 Å². The average molecular weight is 522 g/mol. The van der Waals surface area contributed by atoms with Crippen molar-refractivity contribution in [2.24, 2.45) is 0 Å². The minimum atomic E-state index is -0.708. The summed E-state index contributed by atoms with van der Waals surface area (Å²) in [5, 5.41) is 13.2. The quantitative estimate of drug-likeness (QED) is 0.359. The van der Waals surface area contributed by atoms with E-state index in [-0.39, 0.29) is 5.57 Å². The van der Waals surface area contributed by atoms with Gasteiger partial charge in [-0.15, -0.1) is 0 Å². The summed E-state index contributed by atoms with van der Waals surface area (Å²) in [6.45, 7) is 1.28. The van der Waals surface area contributed by atoms with Gasteiger partial charge in [0.2, 0.25) is 5.78 Å². The Morgan fingerprint density at radius 2 is 1.76 bits per heavy atom. The topological polar surface area (TPSA) is 64.9 Å². The predicted octanol–water partition coefficient (Wildman–Crippen LogP) is 1.97. The summed E-state index contributed by atoms with van der Waals surface area (Å²) in [5.41, 5.74) is 1.16. The number of quaternary nitrogens is 1. The molecule has 1 saturated heterocycles. The molecule has 3 rings (SSSR count). The van der Waals surface area contributed by atoms with Gasteiger partial charge in [-0.1, -0.05) is 61.9 Å². The summed E-state index contributed by atoms with van der Waals surface area (Å²) >= 11 is 6.80. The maximum Gasteiger partial charge on any atom is 0.295 e. The summed E-state index contributed by atoms with van der Waals surface area (Å²) in [4.78, 5) is 28.5. The van der Waals surface area contributed by atoms with Gasteiger partial charge < -0.3 is 14.9 Å². The fourth-order valence-electron chi connectivity index (χ4n) is 3.48. The third-order valence-electron chi connectivity index (χ3n) is 4.88. The first kappa shape index (κ1) is 21.7. The van der Waals surface area contributed by atoms with Crippen LogP contribution in [0.25, 0.3) is 5.76 Å². The van der Waals surface area contributed by atoms with Crippen LogP contribution in [0, 0.1) is 0 Å². The number of halogens is 2. The molecule has 152 valence electrons. The maximum atomic E-state index is 13.2. The summed E-state index contributed by atoms with van der Waals surface area (Å²) in [7, 11) is 4.08. The first-order chi connectivity index (χ1) is 13.8. The Morgan fingerprint density at radius 3 is 2.38 bits per heavy atom. The van der Waals surface area contributed by atoms with Crippen molar-refractivity contribution in [3.63, 3.8) is 0 Å². The van der Waals surface area contributed by atoms with Crippen LogP contribution in [0.2, 0.25) is 0 Å². The van der Waals surface area contributed by atoms with E-state index in [9.17, 15) is 14.7 Å². The second kappa shape index (κ2) is 9.24. The molecular weight excluding hydrogens is 500 g/mol. The molecule has 1 N–H and O–H groups in total. The number of Topliss-reactive ketones (excluding diaryl/α,β-unsaturated/α-hetero) is 1. The van der Waals surface area contributed by atoms with Crippen molar-refractivity contribution in [3.8, 4) is 0 Å². The fraction of sp³-hybridized carbons (Fsp3) is 0.273. The lowest BCUT2D eigenvalue weighted by Gasteiger charge is -2.27. The molecule has 2 aromatic carbocycles. The minimum Gasteiger partial charge on any atom is -0.872 e. The Hall–Kier alpha value is -1.96. The zero-order valence-electron chi connectivity index (χ0n) is 16.2. The highest BCUT2D eigenvalue weighted by Gasteiger charge is 2.43. The Balaban J connectivity index is 2.09. The molecule has 1 aliphatic heterocycles. The number of rotatable bonds is 6. The van der Waals surface area contributed by atoms with Gasteiger partial charge in [-0.25, -0.2) is 0 Å². The molecule has 1 fully saturated rings. The molecular formula is C22H22Br2N2O3. The molecule has 1 heterocycles. The van der Waals surface area contributed by atoms with Crippen molar-refractivity contribution in [2.75, 3.05) is 27.2 Å². The van der Waals surface area contributed by atoms with E-state index >= 15 is 0 Å². The van der Waals surface area contributed by atoms with Crippen LogP contribution in [0.5, 0.6) is 0 Å². The normalized spacial score (nSPS) is 18.7. The lowest BCUT2D eigenvalue weighted by molar-refractivity contribution is -0.858. The van der Waals surface area contributed by atoms with Crippen LogP contribution in [0.3, 0.4) is 0 Å². The van der Waals surface area contributed by atoms with Crippen LogP contribution in [0.1, 0.15) is 23.6 Å². The highest BCUT2D eigenvalue weighted by atomic mass is 79.9. The number of likely N-dealkylation sites (tertiary alicyclic amines) is 1. The molecule has 0 aliphatic carbocycles. The van der Waals surface area contributed by atoms with E-state index in [1.807, 2.05) is 38.4 Å². The van der Waals surface area contributed by atoms with Crippen LogP contribution in [0.15, 0.2) is 63.0 Å². The summed E-state index contributed by atoms with van der Waals surface area (Å²) in [5.74, 6) is -1.72. The average Bonchev–Trinajstić information content (AvgIpc) is 2.93. The lowest BCUT2D eigenvalue weighted by atomic mass is 9.95. The molecule has 0 radical (unpaired) electrons. The van der Waals surface area contributed by atoms with Gasteiger partial charge in [0, 0.05) is 27.5 Å². The third kappa shape index (κ3) is 4.79. The lowest BCUT2D eigenvalue weighted by Crippen LogP contribution is -3.05. The molecule has 2 aromatic rings. The molecule has 0 spiro atoms. The molecule has 29 heavy (non-hydrogen) atoms. The van der Waals surface area contributed by atoms with Gasteiger partial charge in [-0.3, -0.25) is 9.59 Å². The number of nitrogens with zero attached hydrogens (tertiary/aromatic N) is 1. The van der Waals surface area contributed by atoms with Gasteiger partial charge in [0.15, 0.2) is 0 Å². The molecule has 0 saturated carbocycles. The van der Waals surface area contributed by atoms with Crippen molar-refractivity contribution in [2.45, 2.75) is 12.5 Å². The van der Waals surface area contributed by atoms with Gasteiger partial charge in [0.05, 0.1) is 26.7 Å². The van der Waals surface area contributed by atoms with Gasteiger partial charge in [-0.05, 0) is 35.4 Å². The predicted molar refractivity (Wildman–Crippen MR) is 117 cm³/mol. The zero-order chi connectivity index (χ0) is 21.1. The van der Waals surface area contributed by atoms with Crippen LogP contribution in [0.4, 0.5) is 0 Å². The first-order valence-electron chi connectivity index (χ1n) is 9.36. The van der Waals surface area contributed by atoms with Gasteiger partial charge in [0.25, 0.3) is 5.91 Å². The molecule has 0 aromatic heterocycles. The van der Waals surface area contributed by atoms with Crippen LogP contribution < -0.4 is 10.0 Å². The molecule has 1 atom stereocenters. The molecule has 7 heteroatoms. The van der Waals surface area contributed by atoms with Gasteiger partial charge >= 0.3 is 0 Å². The third-order valence-corrected chi connectivity index (χ3v) is 5.90. The number of carbonyl (C=O) groups excluding carboxylic acids is 2. The highest BCUT2D eigenvalue weighted by Crippen LogP contribution is 2.39. The van der Waals surface area contributed by atoms with Crippen LogP contribution in [-0.2, 0) is 9.59 Å². The smallest absolute Gasteiger partial charge is 0.295 e. The number of ketones is 1.